The average Bonchev–Trinajstić information content (AvgIpc) is 3.13. The van der Waals surface area contributed by atoms with Crippen LogP contribution in [0.2, 0.25) is 0 Å². The number of hydrogen-bond donors (Lipinski definition) is 2. The minimum atomic E-state index is -5.08. The Balaban J connectivity index is 0.000000532. The maximum Gasteiger partial charge on any atom is 0.490 e. The van der Waals surface area contributed by atoms with E-state index in [1.54, 1.807) is 24.3 Å². The summed E-state index contributed by atoms with van der Waals surface area (Å²) in [6.07, 6.45) is -3.86. The van der Waals surface area contributed by atoms with Gasteiger partial charge >= 0.3 is 12.1 Å². The molecule has 1 heterocycles. The SMILES string of the molecule is CN1CCCN(Cc2ccc(-c3ccc(NC(=O)c4ccc(C#N)cc4)cc3)cc2)CC1.O=C(O)C(F)(F)F. The van der Waals surface area contributed by atoms with Gasteiger partial charge in [-0.05, 0) is 79.6 Å². The van der Waals surface area contributed by atoms with Crippen molar-refractivity contribution in [3.8, 4) is 17.2 Å². The number of amides is 1. The fourth-order valence-corrected chi connectivity index (χ4v) is 3.96. The van der Waals surface area contributed by atoms with Crippen molar-refractivity contribution in [2.45, 2.75) is 19.1 Å². The molecule has 1 fully saturated rings. The number of carboxylic acids is 1. The zero-order valence-corrected chi connectivity index (χ0v) is 21.4. The lowest BCUT2D eigenvalue weighted by Crippen LogP contribution is -2.28. The number of nitrogens with one attached hydrogen (secondary N) is 1. The Morgan fingerprint density at radius 2 is 1.46 bits per heavy atom. The molecule has 2 N–H and O–H groups in total. The predicted molar refractivity (Wildman–Crippen MR) is 142 cm³/mol. The molecule has 1 saturated heterocycles. The van der Waals surface area contributed by atoms with Gasteiger partial charge in [0.2, 0.25) is 0 Å². The zero-order valence-electron chi connectivity index (χ0n) is 21.4. The van der Waals surface area contributed by atoms with Crippen LogP contribution in [0, 0.1) is 11.3 Å². The van der Waals surface area contributed by atoms with Gasteiger partial charge in [0.1, 0.15) is 0 Å². The van der Waals surface area contributed by atoms with Crippen LogP contribution in [0.4, 0.5) is 18.9 Å². The molecule has 0 radical (unpaired) electrons. The Hall–Kier alpha value is -4.20. The highest BCUT2D eigenvalue weighted by Crippen LogP contribution is 2.23. The van der Waals surface area contributed by atoms with E-state index in [2.05, 4.69) is 52.5 Å². The summed E-state index contributed by atoms with van der Waals surface area (Å²) in [6.45, 7) is 5.58. The van der Waals surface area contributed by atoms with E-state index < -0.39 is 12.1 Å². The lowest BCUT2D eigenvalue weighted by Gasteiger charge is -2.20. The van der Waals surface area contributed by atoms with Crippen LogP contribution in [0.15, 0.2) is 72.8 Å². The molecule has 0 atom stereocenters. The second-order valence-corrected chi connectivity index (χ2v) is 9.15. The number of likely N-dealkylation sites (N-methyl/N-ethyl adjacent to an activating group) is 1. The number of carboxylic acid groups (broad SMARTS) is 1. The molecule has 7 nitrogen and oxygen atoms in total. The molecule has 0 aromatic heterocycles. The number of rotatable bonds is 5. The van der Waals surface area contributed by atoms with E-state index in [4.69, 9.17) is 15.2 Å². The monoisotopic (exact) mass is 538 g/mol. The first-order chi connectivity index (χ1) is 18.5. The van der Waals surface area contributed by atoms with Gasteiger partial charge in [0, 0.05) is 30.9 Å². The third-order valence-electron chi connectivity index (χ3n) is 6.17. The van der Waals surface area contributed by atoms with Crippen molar-refractivity contribution in [3.63, 3.8) is 0 Å². The highest BCUT2D eigenvalue weighted by atomic mass is 19.4. The molecular weight excluding hydrogens is 509 g/mol. The molecule has 3 aromatic rings. The van der Waals surface area contributed by atoms with E-state index in [1.807, 2.05) is 24.3 Å². The first-order valence-electron chi connectivity index (χ1n) is 12.3. The van der Waals surface area contributed by atoms with Crippen molar-refractivity contribution in [3.05, 3.63) is 89.5 Å². The van der Waals surface area contributed by atoms with E-state index >= 15 is 0 Å². The van der Waals surface area contributed by atoms with Crippen LogP contribution in [-0.4, -0.2) is 66.2 Å². The zero-order chi connectivity index (χ0) is 28.4. The molecule has 0 saturated carbocycles. The Kier molecular flexibility index (Phi) is 10.2. The van der Waals surface area contributed by atoms with Crippen LogP contribution in [-0.2, 0) is 11.3 Å². The summed E-state index contributed by atoms with van der Waals surface area (Å²) < 4.78 is 31.7. The molecule has 3 aromatic carbocycles. The molecule has 10 heteroatoms. The number of alkyl halides is 3. The normalized spacial score (nSPS) is 14.3. The van der Waals surface area contributed by atoms with Crippen LogP contribution in [0.1, 0.15) is 27.9 Å². The fraction of sp³-hybridized carbons (Fsp3) is 0.276. The number of nitriles is 1. The number of carbonyl (C=O) groups is 2. The summed E-state index contributed by atoms with van der Waals surface area (Å²) >= 11 is 0. The van der Waals surface area contributed by atoms with Crippen molar-refractivity contribution in [2.24, 2.45) is 0 Å². The van der Waals surface area contributed by atoms with Crippen LogP contribution in [0.25, 0.3) is 11.1 Å². The fourth-order valence-electron chi connectivity index (χ4n) is 3.96. The number of carbonyl (C=O) groups excluding carboxylic acids is 1. The Bertz CT molecular complexity index is 1290. The van der Waals surface area contributed by atoms with Crippen molar-refractivity contribution >= 4 is 17.6 Å². The third-order valence-corrected chi connectivity index (χ3v) is 6.17. The third kappa shape index (κ3) is 9.25. The van der Waals surface area contributed by atoms with Crippen molar-refractivity contribution in [1.82, 2.24) is 9.80 Å². The lowest BCUT2D eigenvalue weighted by atomic mass is 10.0. The summed E-state index contributed by atoms with van der Waals surface area (Å²) in [5, 5.41) is 18.9. The molecule has 39 heavy (non-hydrogen) atoms. The summed E-state index contributed by atoms with van der Waals surface area (Å²) in [7, 11) is 2.20. The Morgan fingerprint density at radius 1 is 0.897 bits per heavy atom. The van der Waals surface area contributed by atoms with E-state index in [9.17, 15) is 18.0 Å². The molecule has 204 valence electrons. The molecule has 0 spiro atoms. The number of hydrogen-bond acceptors (Lipinski definition) is 5. The van der Waals surface area contributed by atoms with Crippen molar-refractivity contribution in [2.75, 3.05) is 38.5 Å². The van der Waals surface area contributed by atoms with Crippen LogP contribution < -0.4 is 5.32 Å². The summed E-state index contributed by atoms with van der Waals surface area (Å²) in [5.74, 6) is -2.95. The second-order valence-electron chi connectivity index (χ2n) is 9.15. The smallest absolute Gasteiger partial charge is 0.475 e. The van der Waals surface area contributed by atoms with Crippen molar-refractivity contribution < 1.29 is 27.9 Å². The molecule has 0 bridgehead atoms. The molecule has 0 aliphatic carbocycles. The second kappa shape index (κ2) is 13.6. The van der Waals surface area contributed by atoms with Gasteiger partial charge in [-0.15, -0.1) is 0 Å². The lowest BCUT2D eigenvalue weighted by molar-refractivity contribution is -0.192. The first kappa shape index (κ1) is 29.4. The van der Waals surface area contributed by atoms with Gasteiger partial charge in [-0.3, -0.25) is 9.69 Å². The highest BCUT2D eigenvalue weighted by molar-refractivity contribution is 6.04. The maximum absolute atomic E-state index is 12.4. The summed E-state index contributed by atoms with van der Waals surface area (Å²) in [5.41, 5.74) is 5.42. The van der Waals surface area contributed by atoms with Gasteiger partial charge in [-0.1, -0.05) is 36.4 Å². The molecule has 1 aliphatic rings. The molecule has 1 aliphatic heterocycles. The molecule has 1 amide bonds. The topological polar surface area (TPSA) is 96.7 Å². The number of nitrogens with zero attached hydrogens (tertiary/aromatic N) is 3. The first-order valence-corrected chi connectivity index (χ1v) is 12.3. The standard InChI is InChI=1S/C27H28N4O.C2HF3O2/c1-30-15-2-16-31(18-17-30)20-22-5-7-23(8-6-22)24-11-13-26(14-12-24)29-27(32)25-9-3-21(19-28)4-10-25;3-2(4,5)1(6)7/h3-14H,2,15-18,20H2,1H3,(H,29,32);(H,6,7). The van der Waals surface area contributed by atoms with E-state index in [0.29, 0.717) is 11.1 Å². The summed E-state index contributed by atoms with van der Waals surface area (Å²) in [6, 6.07) is 25.3. The van der Waals surface area contributed by atoms with Crippen LogP contribution in [0.5, 0.6) is 0 Å². The molecule has 4 rings (SSSR count). The van der Waals surface area contributed by atoms with Crippen LogP contribution in [0.3, 0.4) is 0 Å². The quantitative estimate of drug-likeness (QED) is 0.461. The maximum atomic E-state index is 12.4. The van der Waals surface area contributed by atoms with Gasteiger partial charge in [-0.25, -0.2) is 4.79 Å². The minimum Gasteiger partial charge on any atom is -0.475 e. The predicted octanol–water partition coefficient (Wildman–Crippen LogP) is 5.25. The van der Waals surface area contributed by atoms with Gasteiger partial charge in [0.05, 0.1) is 11.6 Å². The van der Waals surface area contributed by atoms with Crippen LogP contribution >= 0.6 is 0 Å². The summed E-state index contributed by atoms with van der Waals surface area (Å²) in [4.78, 5) is 26.2. The van der Waals surface area contributed by atoms with Crippen molar-refractivity contribution in [1.29, 1.82) is 5.26 Å². The number of halogens is 3. The largest absolute Gasteiger partial charge is 0.490 e. The Morgan fingerprint density at radius 3 is 2.00 bits per heavy atom. The van der Waals surface area contributed by atoms with Gasteiger partial charge < -0.3 is 15.3 Å². The highest BCUT2D eigenvalue weighted by Gasteiger charge is 2.38. The van der Waals surface area contributed by atoms with E-state index in [1.165, 1.54) is 18.5 Å². The molecule has 0 unspecified atom stereocenters. The van der Waals surface area contributed by atoms with E-state index in [-0.39, 0.29) is 5.91 Å². The van der Waals surface area contributed by atoms with Gasteiger partial charge in [0.25, 0.3) is 5.91 Å². The van der Waals surface area contributed by atoms with Gasteiger partial charge in [0.15, 0.2) is 0 Å². The number of anilines is 1. The molecular formula is C29H29F3N4O3. The van der Waals surface area contributed by atoms with E-state index in [0.717, 1.165) is 43.0 Å². The minimum absolute atomic E-state index is 0.189. The van der Waals surface area contributed by atoms with Gasteiger partial charge in [-0.2, -0.15) is 18.4 Å². The number of benzene rings is 3. The Labute approximate surface area is 225 Å². The average molecular weight is 539 g/mol. The number of aliphatic carboxylic acids is 1.